The fourth-order valence-electron chi connectivity index (χ4n) is 2.52. The molecule has 0 saturated carbocycles. The van der Waals surface area contributed by atoms with Crippen LogP contribution in [0.2, 0.25) is 0 Å². The third kappa shape index (κ3) is 4.90. The average Bonchev–Trinajstić information content (AvgIpc) is 2.95. The summed E-state index contributed by atoms with van der Waals surface area (Å²) < 4.78 is 25.1. The number of hydrogen-bond acceptors (Lipinski definition) is 5. The van der Waals surface area contributed by atoms with E-state index in [-0.39, 0.29) is 5.69 Å². The van der Waals surface area contributed by atoms with E-state index >= 15 is 0 Å². The van der Waals surface area contributed by atoms with Gasteiger partial charge in [-0.1, -0.05) is 18.2 Å². The third-order valence-corrected chi connectivity index (χ3v) is 4.86. The zero-order valence-electron chi connectivity index (χ0n) is 13.4. The third-order valence-electron chi connectivity index (χ3n) is 3.66. The zero-order valence-corrected chi connectivity index (χ0v) is 14.2. The molecule has 7 nitrogen and oxygen atoms in total. The number of aliphatic hydroxyl groups is 1. The van der Waals surface area contributed by atoms with E-state index in [0.717, 1.165) is 5.56 Å². The maximum absolute atomic E-state index is 11.8. The van der Waals surface area contributed by atoms with Crippen molar-refractivity contribution in [2.75, 3.05) is 6.26 Å². The highest BCUT2D eigenvalue weighted by Gasteiger charge is 2.13. The Morgan fingerprint density at radius 1 is 1.38 bits per heavy atom. The molecule has 0 radical (unpaired) electrons. The molecule has 0 aliphatic carbocycles. The molecule has 0 bridgehead atoms. The largest absolute Gasteiger partial charge is 0.391 e. The van der Waals surface area contributed by atoms with Crippen LogP contribution in [0.3, 0.4) is 0 Å². The fraction of sp³-hybridized carbons (Fsp3) is 0.375. The Hall–Kier alpha value is -2.19. The molecule has 24 heavy (non-hydrogen) atoms. The predicted octanol–water partition coefficient (Wildman–Crippen LogP) is 0.769. The molecule has 0 aliphatic rings. The van der Waals surface area contributed by atoms with Crippen LogP contribution < -0.4 is 5.73 Å². The van der Waals surface area contributed by atoms with Crippen LogP contribution in [0, 0.1) is 0 Å². The van der Waals surface area contributed by atoms with Gasteiger partial charge in [-0.05, 0) is 30.9 Å². The van der Waals surface area contributed by atoms with Crippen molar-refractivity contribution in [2.45, 2.75) is 36.8 Å². The monoisotopic (exact) mass is 351 g/mol. The first kappa shape index (κ1) is 18.2. The number of sulfone groups is 1. The summed E-state index contributed by atoms with van der Waals surface area (Å²) in [5, 5.41) is 10.1. The lowest BCUT2D eigenvalue weighted by atomic mass is 10.1. The van der Waals surface area contributed by atoms with Gasteiger partial charge in [0.25, 0.3) is 5.91 Å². The van der Waals surface area contributed by atoms with Crippen LogP contribution in [-0.4, -0.2) is 41.3 Å². The maximum atomic E-state index is 11.8. The number of carbonyl (C=O) groups is 1. The summed E-state index contributed by atoms with van der Waals surface area (Å²) >= 11 is 0. The molecule has 8 heteroatoms. The minimum Gasteiger partial charge on any atom is -0.391 e. The highest BCUT2D eigenvalue weighted by atomic mass is 32.2. The van der Waals surface area contributed by atoms with Crippen molar-refractivity contribution in [3.05, 3.63) is 48.0 Å². The summed E-state index contributed by atoms with van der Waals surface area (Å²) in [6, 6.07) is 6.89. The number of imidazole rings is 1. The standard InChI is InChI=1S/C16H21N3O4S/c1-24(22,23)15-8-3-2-5-12(15)6-4-7-13(20)9-19-10-14(16(17)21)18-11-19/h2-3,5,8,10-11,13,20H,4,6-7,9H2,1H3,(H2,17,21). The van der Waals surface area contributed by atoms with Gasteiger partial charge in [-0.25, -0.2) is 13.4 Å². The van der Waals surface area contributed by atoms with Crippen LogP contribution in [0.5, 0.6) is 0 Å². The van der Waals surface area contributed by atoms with E-state index in [2.05, 4.69) is 4.98 Å². The second-order valence-electron chi connectivity index (χ2n) is 5.75. The Labute approximate surface area is 141 Å². The average molecular weight is 351 g/mol. The summed E-state index contributed by atoms with van der Waals surface area (Å²) in [7, 11) is -3.26. The second-order valence-corrected chi connectivity index (χ2v) is 7.73. The van der Waals surface area contributed by atoms with E-state index < -0.39 is 21.8 Å². The lowest BCUT2D eigenvalue weighted by Crippen LogP contribution is -2.16. The van der Waals surface area contributed by atoms with Crippen LogP contribution in [0.25, 0.3) is 0 Å². The number of aliphatic hydroxyl groups excluding tert-OH is 1. The van der Waals surface area contributed by atoms with Crippen LogP contribution in [0.4, 0.5) is 0 Å². The molecule has 0 aliphatic heterocycles. The van der Waals surface area contributed by atoms with Gasteiger partial charge in [0.2, 0.25) is 0 Å². The molecule has 1 atom stereocenters. The van der Waals surface area contributed by atoms with Gasteiger partial charge >= 0.3 is 0 Å². The first-order valence-corrected chi connectivity index (χ1v) is 9.44. The van der Waals surface area contributed by atoms with E-state index in [1.54, 1.807) is 28.8 Å². The van der Waals surface area contributed by atoms with Crippen molar-refractivity contribution >= 4 is 15.7 Å². The predicted molar refractivity (Wildman–Crippen MR) is 89.2 cm³/mol. The van der Waals surface area contributed by atoms with Gasteiger partial charge in [0.05, 0.1) is 17.3 Å². The number of carbonyl (C=O) groups excluding carboxylic acids is 1. The summed E-state index contributed by atoms with van der Waals surface area (Å²) in [4.78, 5) is 15.2. The smallest absolute Gasteiger partial charge is 0.268 e. The fourth-order valence-corrected chi connectivity index (χ4v) is 3.49. The minimum absolute atomic E-state index is 0.157. The topological polar surface area (TPSA) is 115 Å². The van der Waals surface area contributed by atoms with Gasteiger partial charge in [-0.2, -0.15) is 0 Å². The van der Waals surface area contributed by atoms with Gasteiger partial charge in [-0.15, -0.1) is 0 Å². The lowest BCUT2D eigenvalue weighted by molar-refractivity contribution is 0.0995. The highest BCUT2D eigenvalue weighted by Crippen LogP contribution is 2.18. The van der Waals surface area contributed by atoms with Crippen molar-refractivity contribution in [3.63, 3.8) is 0 Å². The molecule has 0 spiro atoms. The Morgan fingerprint density at radius 3 is 2.71 bits per heavy atom. The van der Waals surface area contributed by atoms with Crippen molar-refractivity contribution in [3.8, 4) is 0 Å². The molecule has 130 valence electrons. The maximum Gasteiger partial charge on any atom is 0.268 e. The zero-order chi connectivity index (χ0) is 17.7. The number of benzene rings is 1. The van der Waals surface area contributed by atoms with E-state index in [0.29, 0.717) is 30.7 Å². The van der Waals surface area contributed by atoms with Crippen molar-refractivity contribution in [1.82, 2.24) is 9.55 Å². The molecule has 1 heterocycles. The molecule has 1 aromatic carbocycles. The number of nitrogens with two attached hydrogens (primary N) is 1. The Kier molecular flexibility index (Phi) is 5.74. The van der Waals surface area contributed by atoms with E-state index in [9.17, 15) is 18.3 Å². The quantitative estimate of drug-likeness (QED) is 0.729. The number of primary amides is 1. The first-order valence-electron chi connectivity index (χ1n) is 7.55. The van der Waals surface area contributed by atoms with Crippen LogP contribution in [0.15, 0.2) is 41.7 Å². The SMILES string of the molecule is CS(=O)(=O)c1ccccc1CCCC(O)Cn1cnc(C(N)=O)c1. The first-order chi connectivity index (χ1) is 11.3. The lowest BCUT2D eigenvalue weighted by Gasteiger charge is -2.12. The van der Waals surface area contributed by atoms with Crippen LogP contribution in [0.1, 0.15) is 28.9 Å². The molecular formula is C16H21N3O4S. The molecule has 0 saturated heterocycles. The number of aromatic nitrogens is 2. The van der Waals surface area contributed by atoms with Gasteiger partial charge in [-0.3, -0.25) is 4.79 Å². The molecule has 2 aromatic rings. The molecule has 1 aromatic heterocycles. The van der Waals surface area contributed by atoms with Crippen molar-refractivity contribution in [2.24, 2.45) is 5.73 Å². The molecule has 3 N–H and O–H groups in total. The molecule has 2 rings (SSSR count). The molecular weight excluding hydrogens is 330 g/mol. The number of hydrogen-bond donors (Lipinski definition) is 2. The van der Waals surface area contributed by atoms with Gasteiger partial charge in [0, 0.05) is 19.0 Å². The van der Waals surface area contributed by atoms with E-state index in [1.807, 2.05) is 0 Å². The normalized spacial score (nSPS) is 12.9. The molecule has 1 unspecified atom stereocenters. The highest BCUT2D eigenvalue weighted by molar-refractivity contribution is 7.90. The number of rotatable bonds is 8. The number of aryl methyl sites for hydroxylation is 1. The summed E-state index contributed by atoms with van der Waals surface area (Å²) in [5.41, 5.74) is 6.04. The molecule has 1 amide bonds. The molecule has 0 fully saturated rings. The Morgan fingerprint density at radius 2 is 2.08 bits per heavy atom. The Bertz CT molecular complexity index is 814. The van der Waals surface area contributed by atoms with Gasteiger partial charge in [0.15, 0.2) is 9.84 Å². The summed E-state index contributed by atoms with van der Waals surface area (Å²) in [6.45, 7) is 0.300. The van der Waals surface area contributed by atoms with Gasteiger partial charge < -0.3 is 15.4 Å². The number of nitrogens with zero attached hydrogens (tertiary/aromatic N) is 2. The van der Waals surface area contributed by atoms with Crippen LogP contribution >= 0.6 is 0 Å². The Balaban J connectivity index is 1.89. The van der Waals surface area contributed by atoms with Crippen molar-refractivity contribution < 1.29 is 18.3 Å². The number of amides is 1. The van der Waals surface area contributed by atoms with Crippen LogP contribution in [-0.2, 0) is 22.8 Å². The summed E-state index contributed by atoms with van der Waals surface area (Å²) in [6.07, 6.45) is 5.22. The second kappa shape index (κ2) is 7.59. The van der Waals surface area contributed by atoms with E-state index in [1.165, 1.54) is 18.8 Å². The minimum atomic E-state index is -3.26. The van der Waals surface area contributed by atoms with E-state index in [4.69, 9.17) is 5.73 Å². The van der Waals surface area contributed by atoms with Crippen molar-refractivity contribution in [1.29, 1.82) is 0 Å². The van der Waals surface area contributed by atoms with Gasteiger partial charge in [0.1, 0.15) is 5.69 Å². The summed E-state index contributed by atoms with van der Waals surface area (Å²) in [5.74, 6) is -0.611.